The Labute approximate surface area is 132 Å². The fourth-order valence-corrected chi connectivity index (χ4v) is 2.69. The summed E-state index contributed by atoms with van der Waals surface area (Å²) in [6, 6.07) is 15.1. The van der Waals surface area contributed by atoms with Gasteiger partial charge in [-0.2, -0.15) is 0 Å². The summed E-state index contributed by atoms with van der Waals surface area (Å²) >= 11 is 6.56. The smallest absolute Gasteiger partial charge is 0.0625 e. The number of halogens is 1. The SMILES string of the molecule is COCCc1ccc(C(Cl)Cc2ccc(C)c(C)c2)cc1. The second-order valence-corrected chi connectivity index (χ2v) is 6.10. The van der Waals surface area contributed by atoms with Gasteiger partial charge in [0, 0.05) is 7.11 Å². The zero-order valence-electron chi connectivity index (χ0n) is 13.0. The Morgan fingerprint density at radius 3 is 2.24 bits per heavy atom. The number of alkyl halides is 1. The van der Waals surface area contributed by atoms with Gasteiger partial charge < -0.3 is 4.74 Å². The monoisotopic (exact) mass is 302 g/mol. The van der Waals surface area contributed by atoms with Gasteiger partial charge in [-0.25, -0.2) is 0 Å². The van der Waals surface area contributed by atoms with Crippen LogP contribution in [-0.4, -0.2) is 13.7 Å². The van der Waals surface area contributed by atoms with Gasteiger partial charge in [0.05, 0.1) is 12.0 Å². The molecule has 1 atom stereocenters. The maximum Gasteiger partial charge on any atom is 0.0625 e. The highest BCUT2D eigenvalue weighted by Crippen LogP contribution is 2.26. The second kappa shape index (κ2) is 7.63. The van der Waals surface area contributed by atoms with E-state index in [2.05, 4.69) is 56.3 Å². The number of hydrogen-bond acceptors (Lipinski definition) is 1. The van der Waals surface area contributed by atoms with Gasteiger partial charge in [0.1, 0.15) is 0 Å². The number of ether oxygens (including phenoxy) is 1. The van der Waals surface area contributed by atoms with Crippen molar-refractivity contribution in [1.82, 2.24) is 0 Å². The summed E-state index contributed by atoms with van der Waals surface area (Å²) in [5, 5.41) is 0.0172. The van der Waals surface area contributed by atoms with E-state index in [9.17, 15) is 0 Å². The number of methoxy groups -OCH3 is 1. The van der Waals surface area contributed by atoms with E-state index in [4.69, 9.17) is 16.3 Å². The first kappa shape index (κ1) is 16.1. The standard InChI is InChI=1S/C19H23ClO/c1-14-4-5-17(12-15(14)2)13-19(20)18-8-6-16(7-9-18)10-11-21-3/h4-9,12,19H,10-11,13H2,1-3H3. The van der Waals surface area contributed by atoms with Crippen molar-refractivity contribution in [1.29, 1.82) is 0 Å². The van der Waals surface area contributed by atoms with Crippen LogP contribution in [-0.2, 0) is 17.6 Å². The van der Waals surface area contributed by atoms with Gasteiger partial charge in [-0.15, -0.1) is 11.6 Å². The van der Waals surface area contributed by atoms with Gasteiger partial charge >= 0.3 is 0 Å². The van der Waals surface area contributed by atoms with Crippen molar-refractivity contribution in [2.75, 3.05) is 13.7 Å². The third-order valence-electron chi connectivity index (χ3n) is 3.92. The maximum absolute atomic E-state index is 6.56. The van der Waals surface area contributed by atoms with Crippen molar-refractivity contribution >= 4 is 11.6 Å². The van der Waals surface area contributed by atoms with E-state index in [1.165, 1.54) is 27.8 Å². The summed E-state index contributed by atoms with van der Waals surface area (Å²) in [5.74, 6) is 0. The van der Waals surface area contributed by atoms with Crippen molar-refractivity contribution in [2.45, 2.75) is 32.1 Å². The van der Waals surface area contributed by atoms with Gasteiger partial charge in [-0.1, -0.05) is 42.5 Å². The predicted molar refractivity (Wildman–Crippen MR) is 90.2 cm³/mol. The average molecular weight is 303 g/mol. The molecule has 21 heavy (non-hydrogen) atoms. The van der Waals surface area contributed by atoms with Crippen LogP contribution in [0.2, 0.25) is 0 Å². The Morgan fingerprint density at radius 1 is 0.952 bits per heavy atom. The molecule has 0 bridgehead atoms. The Balaban J connectivity index is 2.02. The normalized spacial score (nSPS) is 12.4. The molecule has 0 amide bonds. The number of hydrogen-bond donors (Lipinski definition) is 0. The molecule has 0 aromatic heterocycles. The first-order valence-electron chi connectivity index (χ1n) is 7.38. The van der Waals surface area contributed by atoms with E-state index < -0.39 is 0 Å². The van der Waals surface area contributed by atoms with Gasteiger partial charge in [-0.05, 0) is 54.5 Å². The molecule has 2 aromatic rings. The molecule has 0 aliphatic heterocycles. The Kier molecular flexibility index (Phi) is 5.84. The maximum atomic E-state index is 6.56. The summed E-state index contributed by atoms with van der Waals surface area (Å²) in [6.45, 7) is 5.04. The molecule has 0 aliphatic carbocycles. The third kappa shape index (κ3) is 4.59. The minimum Gasteiger partial charge on any atom is -0.384 e. The summed E-state index contributed by atoms with van der Waals surface area (Å²) in [7, 11) is 1.73. The molecule has 112 valence electrons. The zero-order chi connectivity index (χ0) is 15.2. The average Bonchev–Trinajstić information content (AvgIpc) is 2.49. The van der Waals surface area contributed by atoms with E-state index in [0.29, 0.717) is 0 Å². The number of benzene rings is 2. The lowest BCUT2D eigenvalue weighted by Crippen LogP contribution is -1.98. The second-order valence-electron chi connectivity index (χ2n) is 5.57. The number of rotatable bonds is 6. The highest BCUT2D eigenvalue weighted by atomic mass is 35.5. The first-order chi connectivity index (χ1) is 10.1. The molecule has 0 aliphatic rings. The summed E-state index contributed by atoms with van der Waals surface area (Å²) in [4.78, 5) is 0. The van der Waals surface area contributed by atoms with Crippen LogP contribution in [0, 0.1) is 13.8 Å². The predicted octanol–water partition coefficient (Wildman–Crippen LogP) is 5.01. The van der Waals surface area contributed by atoms with Crippen LogP contribution < -0.4 is 0 Å². The molecule has 0 N–H and O–H groups in total. The van der Waals surface area contributed by atoms with Crippen LogP contribution in [0.3, 0.4) is 0 Å². The third-order valence-corrected chi connectivity index (χ3v) is 4.33. The minimum atomic E-state index is 0.0172. The molecule has 2 heteroatoms. The summed E-state index contributed by atoms with van der Waals surface area (Å²) < 4.78 is 5.10. The highest BCUT2D eigenvalue weighted by molar-refractivity contribution is 6.20. The van der Waals surface area contributed by atoms with Gasteiger partial charge in [-0.3, -0.25) is 0 Å². The molecule has 2 rings (SSSR count). The molecule has 0 spiro atoms. The molecule has 2 aromatic carbocycles. The van der Waals surface area contributed by atoms with Crippen LogP contribution in [0.15, 0.2) is 42.5 Å². The molecule has 0 saturated carbocycles. The quantitative estimate of drug-likeness (QED) is 0.681. The Bertz CT molecular complexity index is 575. The van der Waals surface area contributed by atoms with E-state index in [1.807, 2.05) is 0 Å². The van der Waals surface area contributed by atoms with E-state index in [1.54, 1.807) is 7.11 Å². The van der Waals surface area contributed by atoms with Gasteiger partial charge in [0.25, 0.3) is 0 Å². The van der Waals surface area contributed by atoms with E-state index >= 15 is 0 Å². The summed E-state index contributed by atoms with van der Waals surface area (Å²) in [6.07, 6.45) is 1.81. The van der Waals surface area contributed by atoms with Crippen LogP contribution in [0.1, 0.15) is 33.2 Å². The largest absolute Gasteiger partial charge is 0.384 e. The Hall–Kier alpha value is -1.31. The lowest BCUT2D eigenvalue weighted by Gasteiger charge is -2.12. The fourth-order valence-electron chi connectivity index (χ4n) is 2.37. The molecule has 0 saturated heterocycles. The molecule has 1 nitrogen and oxygen atoms in total. The summed E-state index contributed by atoms with van der Waals surface area (Å²) in [5.41, 5.74) is 6.41. The van der Waals surface area contributed by atoms with Crippen LogP contribution >= 0.6 is 11.6 Å². The van der Waals surface area contributed by atoms with Crippen molar-refractivity contribution in [3.8, 4) is 0 Å². The molecular formula is C19H23ClO. The minimum absolute atomic E-state index is 0.0172. The lowest BCUT2D eigenvalue weighted by atomic mass is 9.99. The highest BCUT2D eigenvalue weighted by Gasteiger charge is 2.09. The van der Waals surface area contributed by atoms with Crippen molar-refractivity contribution in [2.24, 2.45) is 0 Å². The molecule has 0 heterocycles. The number of aryl methyl sites for hydroxylation is 2. The first-order valence-corrected chi connectivity index (χ1v) is 7.82. The van der Waals surface area contributed by atoms with E-state index in [0.717, 1.165) is 19.4 Å². The van der Waals surface area contributed by atoms with Crippen molar-refractivity contribution < 1.29 is 4.74 Å². The van der Waals surface area contributed by atoms with Crippen LogP contribution in [0.4, 0.5) is 0 Å². The molecular weight excluding hydrogens is 280 g/mol. The molecule has 0 fully saturated rings. The van der Waals surface area contributed by atoms with Gasteiger partial charge in [0.15, 0.2) is 0 Å². The van der Waals surface area contributed by atoms with Crippen LogP contribution in [0.25, 0.3) is 0 Å². The molecule has 0 radical (unpaired) electrons. The van der Waals surface area contributed by atoms with Crippen molar-refractivity contribution in [3.63, 3.8) is 0 Å². The fraction of sp³-hybridized carbons (Fsp3) is 0.368. The Morgan fingerprint density at radius 2 is 1.62 bits per heavy atom. The van der Waals surface area contributed by atoms with Crippen LogP contribution in [0.5, 0.6) is 0 Å². The lowest BCUT2D eigenvalue weighted by molar-refractivity contribution is 0.202. The topological polar surface area (TPSA) is 9.23 Å². The zero-order valence-corrected chi connectivity index (χ0v) is 13.8. The molecule has 1 unspecified atom stereocenters. The van der Waals surface area contributed by atoms with Gasteiger partial charge in [0.2, 0.25) is 0 Å². The van der Waals surface area contributed by atoms with Crippen molar-refractivity contribution in [3.05, 3.63) is 70.3 Å². The van der Waals surface area contributed by atoms with E-state index in [-0.39, 0.29) is 5.38 Å².